The standard InChI is InChI=1S/C15H18N2O/c1-10-4-2-3-5-12(10)13-16-15(8-9-15)14(18)17(13)11-6-7-11/h2-5,11,13,16H,6-9H2,1H3. The van der Waals surface area contributed by atoms with Crippen LogP contribution in [0.2, 0.25) is 0 Å². The molecule has 1 atom stereocenters. The van der Waals surface area contributed by atoms with Crippen LogP contribution in [-0.2, 0) is 4.79 Å². The molecule has 1 heterocycles. The lowest BCUT2D eigenvalue weighted by Gasteiger charge is -2.25. The van der Waals surface area contributed by atoms with Gasteiger partial charge in [-0.25, -0.2) is 0 Å². The molecule has 0 aromatic heterocycles. The number of benzene rings is 1. The maximum atomic E-state index is 12.5. The molecule has 1 N–H and O–H groups in total. The molecular weight excluding hydrogens is 224 g/mol. The van der Waals surface area contributed by atoms with Gasteiger partial charge in [0.05, 0.1) is 0 Å². The van der Waals surface area contributed by atoms with E-state index in [2.05, 4.69) is 41.4 Å². The molecule has 1 saturated heterocycles. The molecule has 1 aliphatic heterocycles. The molecule has 18 heavy (non-hydrogen) atoms. The maximum Gasteiger partial charge on any atom is 0.244 e. The fourth-order valence-corrected chi connectivity index (χ4v) is 3.09. The Kier molecular flexibility index (Phi) is 1.97. The Balaban J connectivity index is 1.75. The van der Waals surface area contributed by atoms with Gasteiger partial charge < -0.3 is 4.90 Å². The molecule has 1 spiro atoms. The minimum atomic E-state index is -0.199. The normalized spacial score (nSPS) is 29.1. The molecular formula is C15H18N2O. The maximum absolute atomic E-state index is 12.5. The molecule has 0 radical (unpaired) electrons. The fraction of sp³-hybridized carbons (Fsp3) is 0.533. The summed E-state index contributed by atoms with van der Waals surface area (Å²) in [5, 5.41) is 3.60. The average molecular weight is 242 g/mol. The monoisotopic (exact) mass is 242 g/mol. The average Bonchev–Trinajstić information content (AvgIpc) is 3.23. The van der Waals surface area contributed by atoms with Gasteiger partial charge in [0.25, 0.3) is 0 Å². The highest BCUT2D eigenvalue weighted by atomic mass is 16.2. The van der Waals surface area contributed by atoms with E-state index in [0.29, 0.717) is 11.9 Å². The van der Waals surface area contributed by atoms with Crippen LogP contribution in [0.4, 0.5) is 0 Å². The highest BCUT2D eigenvalue weighted by Gasteiger charge is 2.61. The summed E-state index contributed by atoms with van der Waals surface area (Å²) in [5.41, 5.74) is 2.34. The second-order valence-corrected chi connectivity index (χ2v) is 5.93. The lowest BCUT2D eigenvalue weighted by molar-refractivity contribution is -0.131. The van der Waals surface area contributed by atoms with Gasteiger partial charge in [0, 0.05) is 6.04 Å². The summed E-state index contributed by atoms with van der Waals surface area (Å²) in [6.45, 7) is 2.13. The third-order valence-electron chi connectivity index (χ3n) is 4.51. The summed E-state index contributed by atoms with van der Waals surface area (Å²) >= 11 is 0. The van der Waals surface area contributed by atoms with Crippen LogP contribution in [0.3, 0.4) is 0 Å². The minimum Gasteiger partial charge on any atom is -0.318 e. The quantitative estimate of drug-likeness (QED) is 0.861. The first-order valence-electron chi connectivity index (χ1n) is 6.87. The Bertz CT molecular complexity index is 517. The van der Waals surface area contributed by atoms with Crippen molar-refractivity contribution >= 4 is 5.91 Å². The zero-order valence-electron chi connectivity index (χ0n) is 10.6. The van der Waals surface area contributed by atoms with Crippen LogP contribution in [0.25, 0.3) is 0 Å². The lowest BCUT2D eigenvalue weighted by Crippen LogP contribution is -2.33. The van der Waals surface area contributed by atoms with Crippen LogP contribution >= 0.6 is 0 Å². The first-order valence-corrected chi connectivity index (χ1v) is 6.87. The van der Waals surface area contributed by atoms with Gasteiger partial charge in [-0.3, -0.25) is 10.1 Å². The van der Waals surface area contributed by atoms with Crippen molar-refractivity contribution in [1.29, 1.82) is 0 Å². The number of nitrogens with zero attached hydrogens (tertiary/aromatic N) is 1. The van der Waals surface area contributed by atoms with Gasteiger partial charge in [-0.15, -0.1) is 0 Å². The molecule has 3 nitrogen and oxygen atoms in total. The minimum absolute atomic E-state index is 0.105. The van der Waals surface area contributed by atoms with Gasteiger partial charge in [0.1, 0.15) is 11.7 Å². The number of hydrogen-bond acceptors (Lipinski definition) is 2. The van der Waals surface area contributed by atoms with E-state index in [1.54, 1.807) is 0 Å². The van der Waals surface area contributed by atoms with Crippen molar-refractivity contribution in [1.82, 2.24) is 10.2 Å². The molecule has 3 heteroatoms. The van der Waals surface area contributed by atoms with E-state index in [1.807, 2.05) is 0 Å². The largest absolute Gasteiger partial charge is 0.318 e. The number of amides is 1. The molecule has 1 aromatic rings. The molecule has 2 aliphatic carbocycles. The second-order valence-electron chi connectivity index (χ2n) is 5.93. The van der Waals surface area contributed by atoms with E-state index >= 15 is 0 Å². The van der Waals surface area contributed by atoms with Gasteiger partial charge in [-0.05, 0) is 43.7 Å². The topological polar surface area (TPSA) is 32.3 Å². The first kappa shape index (κ1) is 10.6. The number of carbonyl (C=O) groups excluding carboxylic acids is 1. The van der Waals surface area contributed by atoms with Crippen molar-refractivity contribution in [3.8, 4) is 0 Å². The van der Waals surface area contributed by atoms with Gasteiger partial charge in [-0.2, -0.15) is 0 Å². The van der Waals surface area contributed by atoms with Crippen molar-refractivity contribution in [3.63, 3.8) is 0 Å². The number of aryl methyl sites for hydroxylation is 1. The van der Waals surface area contributed by atoms with Crippen molar-refractivity contribution < 1.29 is 4.79 Å². The van der Waals surface area contributed by atoms with Crippen molar-refractivity contribution in [2.24, 2.45) is 0 Å². The van der Waals surface area contributed by atoms with Gasteiger partial charge >= 0.3 is 0 Å². The fourth-order valence-electron chi connectivity index (χ4n) is 3.09. The Morgan fingerprint density at radius 1 is 1.28 bits per heavy atom. The predicted molar refractivity (Wildman–Crippen MR) is 68.9 cm³/mol. The summed E-state index contributed by atoms with van der Waals surface area (Å²) in [6.07, 6.45) is 4.47. The number of carbonyl (C=O) groups is 1. The SMILES string of the molecule is Cc1ccccc1C1NC2(CC2)C(=O)N1C1CC1. The first-order chi connectivity index (χ1) is 8.71. The zero-order valence-corrected chi connectivity index (χ0v) is 10.6. The second kappa shape index (κ2) is 3.35. The summed E-state index contributed by atoms with van der Waals surface area (Å²) in [5.74, 6) is 0.346. The Morgan fingerprint density at radius 3 is 2.61 bits per heavy atom. The summed E-state index contributed by atoms with van der Waals surface area (Å²) in [4.78, 5) is 14.6. The highest BCUT2D eigenvalue weighted by molar-refractivity contribution is 5.92. The van der Waals surface area contributed by atoms with Crippen LogP contribution in [-0.4, -0.2) is 22.4 Å². The molecule has 0 bridgehead atoms. The Hall–Kier alpha value is -1.35. The van der Waals surface area contributed by atoms with E-state index < -0.39 is 0 Å². The van der Waals surface area contributed by atoms with E-state index in [9.17, 15) is 4.79 Å². The Labute approximate surface area is 107 Å². The van der Waals surface area contributed by atoms with E-state index in [1.165, 1.54) is 24.0 Å². The molecule has 1 unspecified atom stereocenters. The third kappa shape index (κ3) is 1.37. The van der Waals surface area contributed by atoms with Crippen LogP contribution in [0, 0.1) is 6.92 Å². The Morgan fingerprint density at radius 2 is 2.00 bits per heavy atom. The molecule has 2 saturated carbocycles. The molecule has 1 amide bonds. The van der Waals surface area contributed by atoms with E-state index in [4.69, 9.17) is 0 Å². The molecule has 4 rings (SSSR count). The molecule has 1 aromatic carbocycles. The van der Waals surface area contributed by atoms with Crippen LogP contribution < -0.4 is 5.32 Å². The number of nitrogens with one attached hydrogen (secondary N) is 1. The van der Waals surface area contributed by atoms with Crippen LogP contribution in [0.1, 0.15) is 43.0 Å². The van der Waals surface area contributed by atoms with Crippen LogP contribution in [0.15, 0.2) is 24.3 Å². The molecule has 3 aliphatic rings. The summed E-state index contributed by atoms with van der Waals surface area (Å²) in [7, 11) is 0. The predicted octanol–water partition coefficient (Wildman–Crippen LogP) is 2.12. The highest BCUT2D eigenvalue weighted by Crippen LogP contribution is 2.49. The van der Waals surface area contributed by atoms with E-state index in [-0.39, 0.29) is 11.7 Å². The summed E-state index contributed by atoms with van der Waals surface area (Å²) in [6, 6.07) is 8.89. The molecule has 3 fully saturated rings. The van der Waals surface area contributed by atoms with Crippen LogP contribution in [0.5, 0.6) is 0 Å². The van der Waals surface area contributed by atoms with E-state index in [0.717, 1.165) is 12.8 Å². The number of hydrogen-bond donors (Lipinski definition) is 1. The van der Waals surface area contributed by atoms with Gasteiger partial charge in [0.2, 0.25) is 5.91 Å². The molecule has 94 valence electrons. The van der Waals surface area contributed by atoms with Crippen molar-refractivity contribution in [2.45, 2.75) is 50.4 Å². The van der Waals surface area contributed by atoms with Gasteiger partial charge in [-0.1, -0.05) is 24.3 Å². The van der Waals surface area contributed by atoms with Crippen molar-refractivity contribution in [2.75, 3.05) is 0 Å². The zero-order chi connectivity index (χ0) is 12.3. The van der Waals surface area contributed by atoms with Gasteiger partial charge in [0.15, 0.2) is 0 Å². The smallest absolute Gasteiger partial charge is 0.244 e. The third-order valence-corrected chi connectivity index (χ3v) is 4.51. The summed E-state index contributed by atoms with van der Waals surface area (Å²) < 4.78 is 0. The number of rotatable bonds is 2. The van der Waals surface area contributed by atoms with Crippen molar-refractivity contribution in [3.05, 3.63) is 35.4 Å². The lowest BCUT2D eigenvalue weighted by atomic mass is 10.1.